The molecule has 4 rings (SSSR count). The van der Waals surface area contributed by atoms with Crippen LogP contribution in [0.25, 0.3) is 11.0 Å². The van der Waals surface area contributed by atoms with E-state index in [0.29, 0.717) is 26.5 Å². The summed E-state index contributed by atoms with van der Waals surface area (Å²) in [5, 5.41) is 12.1. The SMILES string of the molecule is COC(=O)C1=C(NC(=O)CSc2ncnc3[nH]ncc23)SC2CCCC12. The lowest BCUT2D eigenvalue weighted by atomic mass is 9.98. The number of methoxy groups -OCH3 is 1. The van der Waals surface area contributed by atoms with Crippen molar-refractivity contribution in [2.24, 2.45) is 5.92 Å². The Hall–Kier alpha value is -2.07. The first-order chi connectivity index (χ1) is 12.7. The quantitative estimate of drug-likeness (QED) is 0.451. The third-order valence-electron chi connectivity index (χ3n) is 4.55. The van der Waals surface area contributed by atoms with Crippen LogP contribution in [0.4, 0.5) is 0 Å². The molecule has 0 saturated heterocycles. The number of thioether (sulfide) groups is 2. The molecule has 0 radical (unpaired) electrons. The highest BCUT2D eigenvalue weighted by Crippen LogP contribution is 2.49. The molecule has 136 valence electrons. The van der Waals surface area contributed by atoms with Crippen molar-refractivity contribution in [3.05, 3.63) is 23.1 Å². The van der Waals surface area contributed by atoms with E-state index in [1.54, 1.807) is 18.0 Å². The smallest absolute Gasteiger partial charge is 0.336 e. The highest BCUT2D eigenvalue weighted by molar-refractivity contribution is 8.04. The molecule has 8 nitrogen and oxygen atoms in total. The average molecular weight is 391 g/mol. The number of H-pyrrole nitrogens is 1. The van der Waals surface area contributed by atoms with Crippen LogP contribution in [0.15, 0.2) is 28.2 Å². The molecule has 2 unspecified atom stereocenters. The minimum absolute atomic E-state index is 0.172. The van der Waals surface area contributed by atoms with E-state index in [1.165, 1.54) is 25.2 Å². The molecular formula is C16H17N5O3S2. The number of carbonyl (C=O) groups excluding carboxylic acids is 2. The zero-order chi connectivity index (χ0) is 18.1. The molecule has 2 aliphatic rings. The van der Waals surface area contributed by atoms with Crippen LogP contribution in [0, 0.1) is 5.92 Å². The number of amides is 1. The van der Waals surface area contributed by atoms with Crippen LogP contribution >= 0.6 is 23.5 Å². The predicted octanol–water partition coefficient (Wildman–Crippen LogP) is 1.86. The lowest BCUT2D eigenvalue weighted by Gasteiger charge is -2.11. The number of fused-ring (bicyclic) bond motifs is 2. The number of ether oxygens (including phenoxy) is 1. The first-order valence-electron chi connectivity index (χ1n) is 8.23. The fourth-order valence-corrected chi connectivity index (χ4v) is 5.71. The van der Waals surface area contributed by atoms with E-state index in [9.17, 15) is 9.59 Å². The number of carbonyl (C=O) groups is 2. The Morgan fingerprint density at radius 3 is 3.15 bits per heavy atom. The second-order valence-electron chi connectivity index (χ2n) is 6.08. The molecule has 1 saturated carbocycles. The first kappa shape index (κ1) is 17.3. The number of nitrogens with one attached hydrogen (secondary N) is 2. The van der Waals surface area contributed by atoms with Crippen LogP contribution in [0.3, 0.4) is 0 Å². The summed E-state index contributed by atoms with van der Waals surface area (Å²) in [6.45, 7) is 0. The van der Waals surface area contributed by atoms with E-state index in [2.05, 4.69) is 25.5 Å². The Balaban J connectivity index is 1.45. The molecule has 0 aromatic carbocycles. The molecule has 2 aromatic heterocycles. The van der Waals surface area contributed by atoms with Crippen LogP contribution in [0.2, 0.25) is 0 Å². The van der Waals surface area contributed by atoms with Gasteiger partial charge in [0.2, 0.25) is 5.91 Å². The van der Waals surface area contributed by atoms with Gasteiger partial charge >= 0.3 is 5.97 Å². The number of hydrogen-bond acceptors (Lipinski definition) is 8. The van der Waals surface area contributed by atoms with Crippen LogP contribution in [0.5, 0.6) is 0 Å². The average Bonchev–Trinajstić information content (AvgIpc) is 3.34. The molecule has 1 amide bonds. The van der Waals surface area contributed by atoms with Gasteiger partial charge in [0.1, 0.15) is 11.4 Å². The van der Waals surface area contributed by atoms with Gasteiger partial charge in [-0.25, -0.2) is 14.8 Å². The summed E-state index contributed by atoms with van der Waals surface area (Å²) in [4.78, 5) is 32.9. The summed E-state index contributed by atoms with van der Waals surface area (Å²) in [5.74, 6) is -0.145. The summed E-state index contributed by atoms with van der Waals surface area (Å²) >= 11 is 2.90. The second kappa shape index (κ2) is 7.28. The summed E-state index contributed by atoms with van der Waals surface area (Å²) in [6, 6.07) is 0. The third kappa shape index (κ3) is 3.18. The number of hydrogen-bond donors (Lipinski definition) is 2. The number of esters is 1. The van der Waals surface area contributed by atoms with Crippen molar-refractivity contribution in [1.29, 1.82) is 0 Å². The number of aromatic amines is 1. The summed E-state index contributed by atoms with van der Waals surface area (Å²) in [7, 11) is 1.38. The van der Waals surface area contributed by atoms with Crippen molar-refractivity contribution in [2.45, 2.75) is 29.5 Å². The Kier molecular flexibility index (Phi) is 4.86. The normalized spacial score (nSPS) is 21.9. The van der Waals surface area contributed by atoms with E-state index in [4.69, 9.17) is 4.74 Å². The van der Waals surface area contributed by atoms with Crippen molar-refractivity contribution in [2.75, 3.05) is 12.9 Å². The van der Waals surface area contributed by atoms with Gasteiger partial charge in [0.05, 0.1) is 35.0 Å². The maximum absolute atomic E-state index is 12.4. The molecular weight excluding hydrogens is 374 g/mol. The molecule has 2 atom stereocenters. The molecule has 26 heavy (non-hydrogen) atoms. The molecule has 1 fully saturated rings. The standard InChI is InChI=1S/C16H17N5O3S2/c1-24-16(23)12-8-3-2-4-10(8)26-15(12)20-11(22)6-25-14-9-5-19-21-13(9)17-7-18-14/h5,7-8,10H,2-4,6H2,1H3,(H,20,22)(H,17,18,19,21). The van der Waals surface area contributed by atoms with Crippen molar-refractivity contribution in [3.63, 3.8) is 0 Å². The van der Waals surface area contributed by atoms with Gasteiger partial charge in [0.15, 0.2) is 5.65 Å². The maximum Gasteiger partial charge on any atom is 0.336 e. The Labute approximate surface area is 157 Å². The van der Waals surface area contributed by atoms with Gasteiger partial charge in [0.25, 0.3) is 0 Å². The maximum atomic E-state index is 12.4. The molecule has 2 aromatic rings. The molecule has 0 spiro atoms. The zero-order valence-corrected chi connectivity index (χ0v) is 15.7. The van der Waals surface area contributed by atoms with Crippen molar-refractivity contribution in [3.8, 4) is 0 Å². The molecule has 3 heterocycles. The number of rotatable bonds is 5. The lowest BCUT2D eigenvalue weighted by Crippen LogP contribution is -2.25. The van der Waals surface area contributed by atoms with Crippen molar-refractivity contribution < 1.29 is 14.3 Å². The fourth-order valence-electron chi connectivity index (χ4n) is 3.39. The van der Waals surface area contributed by atoms with E-state index in [0.717, 1.165) is 24.6 Å². The van der Waals surface area contributed by atoms with Crippen LogP contribution in [-0.4, -0.2) is 50.2 Å². The summed E-state index contributed by atoms with van der Waals surface area (Å²) in [6.07, 6.45) is 6.21. The second-order valence-corrected chi connectivity index (χ2v) is 8.29. The van der Waals surface area contributed by atoms with Gasteiger partial charge < -0.3 is 10.1 Å². The highest BCUT2D eigenvalue weighted by Gasteiger charge is 2.42. The monoisotopic (exact) mass is 391 g/mol. The zero-order valence-electron chi connectivity index (χ0n) is 14.0. The molecule has 10 heteroatoms. The first-order valence-corrected chi connectivity index (χ1v) is 10.1. The van der Waals surface area contributed by atoms with Gasteiger partial charge in [-0.1, -0.05) is 18.2 Å². The van der Waals surface area contributed by atoms with Crippen LogP contribution in [0.1, 0.15) is 19.3 Å². The van der Waals surface area contributed by atoms with E-state index >= 15 is 0 Å². The minimum Gasteiger partial charge on any atom is -0.466 e. The molecule has 1 aliphatic heterocycles. The predicted molar refractivity (Wildman–Crippen MR) is 98.3 cm³/mol. The number of aromatic nitrogens is 4. The largest absolute Gasteiger partial charge is 0.466 e. The number of nitrogens with zero attached hydrogens (tertiary/aromatic N) is 3. The topological polar surface area (TPSA) is 110 Å². The Morgan fingerprint density at radius 2 is 2.31 bits per heavy atom. The summed E-state index contributed by atoms with van der Waals surface area (Å²) < 4.78 is 4.93. The van der Waals surface area contributed by atoms with Gasteiger partial charge in [-0.05, 0) is 12.8 Å². The van der Waals surface area contributed by atoms with Gasteiger partial charge in [0, 0.05) is 11.2 Å². The van der Waals surface area contributed by atoms with E-state index in [-0.39, 0.29) is 23.5 Å². The van der Waals surface area contributed by atoms with Crippen molar-refractivity contribution >= 4 is 46.4 Å². The van der Waals surface area contributed by atoms with Crippen LogP contribution < -0.4 is 5.32 Å². The fraction of sp³-hybridized carbons (Fsp3) is 0.438. The highest BCUT2D eigenvalue weighted by atomic mass is 32.2. The summed E-state index contributed by atoms with van der Waals surface area (Å²) in [5.41, 5.74) is 1.26. The van der Waals surface area contributed by atoms with E-state index < -0.39 is 0 Å². The minimum atomic E-state index is -0.342. The van der Waals surface area contributed by atoms with Gasteiger partial charge in [-0.3, -0.25) is 9.89 Å². The Morgan fingerprint density at radius 1 is 1.42 bits per heavy atom. The van der Waals surface area contributed by atoms with Crippen molar-refractivity contribution in [1.82, 2.24) is 25.5 Å². The lowest BCUT2D eigenvalue weighted by molar-refractivity contribution is -0.136. The van der Waals surface area contributed by atoms with Gasteiger partial charge in [-0.2, -0.15) is 5.10 Å². The van der Waals surface area contributed by atoms with Gasteiger partial charge in [-0.15, -0.1) is 11.8 Å². The Bertz CT molecular complexity index is 897. The molecule has 1 aliphatic carbocycles. The third-order valence-corrected chi connectivity index (χ3v) is 6.98. The molecule has 0 bridgehead atoms. The van der Waals surface area contributed by atoms with E-state index in [1.807, 2.05) is 0 Å². The van der Waals surface area contributed by atoms with Crippen LogP contribution in [-0.2, 0) is 14.3 Å². The molecule has 2 N–H and O–H groups in total.